The van der Waals surface area contributed by atoms with Crippen molar-refractivity contribution in [2.45, 2.75) is 37.7 Å². The monoisotopic (exact) mass is 412 g/mol. The van der Waals surface area contributed by atoms with Crippen LogP contribution in [-0.4, -0.2) is 42.2 Å². The first-order valence-electron chi connectivity index (χ1n) is 9.98. The maximum absolute atomic E-state index is 13.0. The molecule has 29 heavy (non-hydrogen) atoms. The van der Waals surface area contributed by atoms with Gasteiger partial charge in [0, 0.05) is 29.5 Å². The number of hydrogen-bond acceptors (Lipinski definition) is 4. The molecule has 2 aromatic carbocycles. The van der Waals surface area contributed by atoms with Crippen LogP contribution in [0, 0.1) is 5.92 Å². The third kappa shape index (κ3) is 5.54. The molecule has 5 nitrogen and oxygen atoms in total. The lowest BCUT2D eigenvalue weighted by Crippen LogP contribution is -2.44. The number of ketones is 1. The number of nitrogens with one attached hydrogen (secondary N) is 1. The van der Waals surface area contributed by atoms with E-state index in [1.165, 1.54) is 0 Å². The molecule has 1 atom stereocenters. The first-order chi connectivity index (χ1) is 14.0. The zero-order chi connectivity index (χ0) is 20.8. The lowest BCUT2D eigenvalue weighted by molar-refractivity contribution is 0.0850. The molecule has 1 saturated heterocycles. The van der Waals surface area contributed by atoms with Crippen molar-refractivity contribution in [2.75, 3.05) is 24.7 Å². The third-order valence-electron chi connectivity index (χ3n) is 4.92. The Morgan fingerprint density at radius 2 is 1.97 bits per heavy atom. The molecule has 2 amide bonds. The van der Waals surface area contributed by atoms with Crippen molar-refractivity contribution in [1.29, 1.82) is 0 Å². The summed E-state index contributed by atoms with van der Waals surface area (Å²) in [5, 5.41) is 3.00. The molecule has 0 radical (unpaired) electrons. The Bertz CT molecular complexity index is 869. The second-order valence-corrected chi connectivity index (χ2v) is 8.32. The Balaban J connectivity index is 1.67. The van der Waals surface area contributed by atoms with Gasteiger partial charge in [-0.05, 0) is 57.2 Å². The molecule has 3 rings (SSSR count). The summed E-state index contributed by atoms with van der Waals surface area (Å²) in [5.74, 6) is 0.575. The molecule has 0 spiro atoms. The zero-order valence-electron chi connectivity index (χ0n) is 17.2. The van der Waals surface area contributed by atoms with E-state index >= 15 is 0 Å². The van der Waals surface area contributed by atoms with E-state index in [0.717, 1.165) is 23.4 Å². The minimum Gasteiger partial charge on any atom is -0.491 e. The average molecular weight is 413 g/mol. The predicted octanol–water partition coefficient (Wildman–Crippen LogP) is 5.32. The van der Waals surface area contributed by atoms with Gasteiger partial charge in [-0.15, -0.1) is 11.8 Å². The van der Waals surface area contributed by atoms with Crippen molar-refractivity contribution in [3.63, 3.8) is 0 Å². The number of thioether (sulfide) groups is 1. The predicted molar refractivity (Wildman–Crippen MR) is 118 cm³/mol. The SMILES string of the molecule is CSc1ccccc1NC(=O)N1CCCC(C(=O)c2cccc(OC(C)C)c2)C1. The number of likely N-dealkylation sites (tertiary alicyclic amines) is 1. The Morgan fingerprint density at radius 3 is 2.72 bits per heavy atom. The minimum absolute atomic E-state index is 0.0541. The van der Waals surface area contributed by atoms with Gasteiger partial charge in [0.2, 0.25) is 0 Å². The Morgan fingerprint density at radius 1 is 1.17 bits per heavy atom. The van der Waals surface area contributed by atoms with Gasteiger partial charge in [-0.25, -0.2) is 4.79 Å². The lowest BCUT2D eigenvalue weighted by Gasteiger charge is -2.32. The second kappa shape index (κ2) is 9.83. The fourth-order valence-electron chi connectivity index (χ4n) is 3.55. The molecule has 1 N–H and O–H groups in total. The van der Waals surface area contributed by atoms with E-state index in [-0.39, 0.29) is 23.8 Å². The van der Waals surface area contributed by atoms with Crippen LogP contribution in [0.1, 0.15) is 37.0 Å². The number of Topliss-reactive ketones (excluding diaryl/α,β-unsaturated/α-hetero) is 1. The van der Waals surface area contributed by atoms with Crippen molar-refractivity contribution in [2.24, 2.45) is 5.92 Å². The van der Waals surface area contributed by atoms with Crippen LogP contribution in [0.15, 0.2) is 53.4 Å². The smallest absolute Gasteiger partial charge is 0.321 e. The van der Waals surface area contributed by atoms with Crippen LogP contribution in [0.3, 0.4) is 0 Å². The number of urea groups is 1. The number of nitrogens with zero attached hydrogens (tertiary/aromatic N) is 1. The highest BCUT2D eigenvalue weighted by molar-refractivity contribution is 7.98. The number of rotatable bonds is 6. The summed E-state index contributed by atoms with van der Waals surface area (Å²) in [6.07, 6.45) is 3.64. The molecule has 1 aliphatic rings. The van der Waals surface area contributed by atoms with Crippen LogP contribution in [0.5, 0.6) is 5.75 Å². The molecule has 1 heterocycles. The Kier molecular flexibility index (Phi) is 7.20. The normalized spacial score (nSPS) is 16.6. The summed E-state index contributed by atoms with van der Waals surface area (Å²) < 4.78 is 5.71. The van der Waals surface area contributed by atoms with Crippen LogP contribution < -0.4 is 10.1 Å². The molecular weight excluding hydrogens is 384 g/mol. The second-order valence-electron chi connectivity index (χ2n) is 7.47. The summed E-state index contributed by atoms with van der Waals surface area (Å²) in [6.45, 7) is 5.01. The number of carbonyl (C=O) groups is 2. The Hall–Kier alpha value is -2.47. The number of piperidine rings is 1. The molecule has 1 fully saturated rings. The van der Waals surface area contributed by atoms with Crippen molar-refractivity contribution < 1.29 is 14.3 Å². The highest BCUT2D eigenvalue weighted by Crippen LogP contribution is 2.27. The van der Waals surface area contributed by atoms with Gasteiger partial charge < -0.3 is 15.0 Å². The first-order valence-corrected chi connectivity index (χ1v) is 11.2. The molecule has 0 saturated carbocycles. The van der Waals surface area contributed by atoms with Crippen molar-refractivity contribution in [1.82, 2.24) is 4.90 Å². The number of amides is 2. The third-order valence-corrected chi connectivity index (χ3v) is 5.71. The molecular formula is C23H28N2O3S. The van der Waals surface area contributed by atoms with Crippen LogP contribution in [0.2, 0.25) is 0 Å². The summed E-state index contributed by atoms with van der Waals surface area (Å²) in [4.78, 5) is 28.6. The van der Waals surface area contributed by atoms with Crippen LogP contribution in [0.25, 0.3) is 0 Å². The zero-order valence-corrected chi connectivity index (χ0v) is 18.0. The van der Waals surface area contributed by atoms with Gasteiger partial charge in [0.15, 0.2) is 5.78 Å². The quantitative estimate of drug-likeness (QED) is 0.515. The van der Waals surface area contributed by atoms with Gasteiger partial charge in [0.1, 0.15) is 5.75 Å². The summed E-state index contributed by atoms with van der Waals surface area (Å²) in [5.41, 5.74) is 1.44. The molecule has 0 bridgehead atoms. The molecule has 0 aliphatic carbocycles. The molecule has 1 aliphatic heterocycles. The van der Waals surface area contributed by atoms with E-state index in [0.29, 0.717) is 24.4 Å². The van der Waals surface area contributed by atoms with Crippen LogP contribution in [-0.2, 0) is 0 Å². The summed E-state index contributed by atoms with van der Waals surface area (Å²) in [7, 11) is 0. The number of benzene rings is 2. The Labute approximate surface area is 176 Å². The fourth-order valence-corrected chi connectivity index (χ4v) is 4.10. The highest BCUT2D eigenvalue weighted by Gasteiger charge is 2.29. The number of para-hydroxylation sites is 1. The molecule has 6 heteroatoms. The number of ether oxygens (including phenoxy) is 1. The van der Waals surface area contributed by atoms with E-state index in [1.54, 1.807) is 22.7 Å². The summed E-state index contributed by atoms with van der Waals surface area (Å²) in [6, 6.07) is 14.9. The van der Waals surface area contributed by atoms with Crippen molar-refractivity contribution in [3.8, 4) is 5.75 Å². The van der Waals surface area contributed by atoms with Gasteiger partial charge >= 0.3 is 6.03 Å². The molecule has 1 unspecified atom stereocenters. The first kappa shape index (κ1) is 21.2. The van der Waals surface area contributed by atoms with E-state index in [1.807, 2.05) is 62.6 Å². The average Bonchev–Trinajstić information content (AvgIpc) is 2.73. The standard InChI is InChI=1S/C23H28N2O3S/c1-16(2)28-19-10-6-8-17(14-19)22(26)18-9-7-13-25(15-18)23(27)24-20-11-4-5-12-21(20)29-3/h4-6,8,10-12,14,16,18H,7,9,13,15H2,1-3H3,(H,24,27). The maximum Gasteiger partial charge on any atom is 0.321 e. The van der Waals surface area contributed by atoms with Gasteiger partial charge in [-0.3, -0.25) is 4.79 Å². The van der Waals surface area contributed by atoms with Crippen molar-refractivity contribution >= 4 is 29.3 Å². The molecule has 0 aromatic heterocycles. The highest BCUT2D eigenvalue weighted by atomic mass is 32.2. The summed E-state index contributed by atoms with van der Waals surface area (Å²) >= 11 is 1.59. The number of anilines is 1. The van der Waals surface area contributed by atoms with Gasteiger partial charge in [0.25, 0.3) is 0 Å². The fraction of sp³-hybridized carbons (Fsp3) is 0.391. The van der Waals surface area contributed by atoms with E-state index in [2.05, 4.69) is 5.32 Å². The van der Waals surface area contributed by atoms with E-state index in [4.69, 9.17) is 4.74 Å². The molecule has 2 aromatic rings. The van der Waals surface area contributed by atoms with Crippen molar-refractivity contribution in [3.05, 3.63) is 54.1 Å². The van der Waals surface area contributed by atoms with Crippen LogP contribution >= 0.6 is 11.8 Å². The minimum atomic E-state index is -0.195. The molecule has 154 valence electrons. The lowest BCUT2D eigenvalue weighted by atomic mass is 9.90. The van der Waals surface area contributed by atoms with E-state index in [9.17, 15) is 9.59 Å². The van der Waals surface area contributed by atoms with Gasteiger partial charge in [0.05, 0.1) is 11.8 Å². The van der Waals surface area contributed by atoms with E-state index < -0.39 is 0 Å². The topological polar surface area (TPSA) is 58.6 Å². The maximum atomic E-state index is 13.0. The van der Waals surface area contributed by atoms with Crippen LogP contribution in [0.4, 0.5) is 10.5 Å². The van der Waals surface area contributed by atoms with Gasteiger partial charge in [-0.1, -0.05) is 24.3 Å². The van der Waals surface area contributed by atoms with Gasteiger partial charge in [-0.2, -0.15) is 0 Å². The largest absolute Gasteiger partial charge is 0.491 e. The number of hydrogen-bond donors (Lipinski definition) is 1. The number of carbonyl (C=O) groups excluding carboxylic acids is 2.